The number of likely N-dealkylation sites (tertiary alicyclic amines) is 1. The second-order valence-corrected chi connectivity index (χ2v) is 4.35. The van der Waals surface area contributed by atoms with Gasteiger partial charge in [-0.2, -0.15) is 0 Å². The summed E-state index contributed by atoms with van der Waals surface area (Å²) in [5.41, 5.74) is 0.433. The topological polar surface area (TPSA) is 52.6 Å². The van der Waals surface area contributed by atoms with Crippen LogP contribution in [0.5, 0.6) is 0 Å². The number of β-amino-alcohol motifs (C(OH)–C–C–N with tert-alkyl or cyclic N) is 1. The molecule has 1 atom stereocenters. The van der Waals surface area contributed by atoms with Gasteiger partial charge in [0.05, 0.1) is 11.1 Å². The Morgan fingerprint density at radius 1 is 1.59 bits per heavy atom. The van der Waals surface area contributed by atoms with Crippen LogP contribution in [0.15, 0.2) is 18.2 Å². The number of nitrogens with zero attached hydrogens (tertiary/aromatic N) is 1. The molecule has 0 saturated carbocycles. The lowest BCUT2D eigenvalue weighted by Crippen LogP contribution is -2.33. The molecule has 1 aliphatic heterocycles. The second-order valence-electron chi connectivity index (χ2n) is 3.95. The molecule has 1 fully saturated rings. The molecule has 0 bridgehead atoms. The van der Waals surface area contributed by atoms with Gasteiger partial charge in [0.2, 0.25) is 0 Å². The average molecular weight is 259 g/mol. The maximum Gasteiger partial charge on any atom is 0.321 e. The molecule has 0 spiro atoms. The zero-order valence-corrected chi connectivity index (χ0v) is 9.75. The highest BCUT2D eigenvalue weighted by atomic mass is 35.5. The van der Waals surface area contributed by atoms with Crippen molar-refractivity contribution in [3.05, 3.63) is 29.0 Å². The van der Waals surface area contributed by atoms with Gasteiger partial charge in [-0.25, -0.2) is 9.18 Å². The minimum Gasteiger partial charge on any atom is -0.391 e. The molecular formula is C11H12ClFN2O2. The Hall–Kier alpha value is -1.33. The Balaban J connectivity index is 2.00. The van der Waals surface area contributed by atoms with Gasteiger partial charge in [0.1, 0.15) is 5.82 Å². The largest absolute Gasteiger partial charge is 0.391 e. The zero-order valence-electron chi connectivity index (χ0n) is 8.99. The number of nitrogens with one attached hydrogen (secondary N) is 1. The molecule has 1 aliphatic rings. The van der Waals surface area contributed by atoms with Crippen molar-refractivity contribution in [3.8, 4) is 0 Å². The van der Waals surface area contributed by atoms with Crippen LogP contribution < -0.4 is 5.32 Å². The summed E-state index contributed by atoms with van der Waals surface area (Å²) in [5.74, 6) is -0.527. The summed E-state index contributed by atoms with van der Waals surface area (Å²) in [5, 5.41) is 11.9. The van der Waals surface area contributed by atoms with Crippen molar-refractivity contribution in [3.63, 3.8) is 0 Å². The van der Waals surface area contributed by atoms with Gasteiger partial charge in [-0.15, -0.1) is 0 Å². The summed E-state index contributed by atoms with van der Waals surface area (Å²) in [6.45, 7) is 0.836. The van der Waals surface area contributed by atoms with Crippen LogP contribution in [0.1, 0.15) is 6.42 Å². The van der Waals surface area contributed by atoms with E-state index in [9.17, 15) is 14.3 Å². The number of carbonyl (C=O) groups excluding carboxylic acids is 1. The van der Waals surface area contributed by atoms with Gasteiger partial charge in [0, 0.05) is 18.8 Å². The number of carbonyl (C=O) groups is 1. The number of rotatable bonds is 1. The van der Waals surface area contributed by atoms with Crippen LogP contribution in [0, 0.1) is 5.82 Å². The number of benzene rings is 1. The molecule has 92 valence electrons. The van der Waals surface area contributed by atoms with E-state index in [-0.39, 0.29) is 11.1 Å². The Kier molecular flexibility index (Phi) is 3.49. The molecule has 0 radical (unpaired) electrons. The molecule has 0 aromatic heterocycles. The van der Waals surface area contributed by atoms with Crippen molar-refractivity contribution in [2.24, 2.45) is 0 Å². The molecular weight excluding hydrogens is 247 g/mol. The van der Waals surface area contributed by atoms with Crippen molar-refractivity contribution >= 4 is 23.3 Å². The zero-order chi connectivity index (χ0) is 12.4. The number of anilines is 1. The molecule has 0 aliphatic carbocycles. The number of amides is 2. The van der Waals surface area contributed by atoms with Crippen molar-refractivity contribution in [1.29, 1.82) is 0 Å². The van der Waals surface area contributed by atoms with Crippen molar-refractivity contribution < 1.29 is 14.3 Å². The lowest BCUT2D eigenvalue weighted by Gasteiger charge is -2.16. The summed E-state index contributed by atoms with van der Waals surface area (Å²) in [4.78, 5) is 13.2. The van der Waals surface area contributed by atoms with Crippen LogP contribution in [-0.4, -0.2) is 35.2 Å². The Bertz CT molecular complexity index is 441. The first kappa shape index (κ1) is 12.1. The Morgan fingerprint density at radius 3 is 2.94 bits per heavy atom. The summed E-state index contributed by atoms with van der Waals surface area (Å²) < 4.78 is 12.9. The summed E-state index contributed by atoms with van der Waals surface area (Å²) in [6.07, 6.45) is 0.120. The second kappa shape index (κ2) is 4.89. The van der Waals surface area contributed by atoms with Crippen molar-refractivity contribution in [2.75, 3.05) is 18.4 Å². The Morgan fingerprint density at radius 2 is 2.35 bits per heavy atom. The maximum absolute atomic E-state index is 12.9. The predicted molar refractivity (Wildman–Crippen MR) is 62.6 cm³/mol. The molecule has 1 aromatic carbocycles. The van der Waals surface area contributed by atoms with Gasteiger partial charge >= 0.3 is 6.03 Å². The van der Waals surface area contributed by atoms with E-state index in [1.807, 2.05) is 0 Å². The van der Waals surface area contributed by atoms with Crippen LogP contribution in [-0.2, 0) is 0 Å². The fourth-order valence-corrected chi connectivity index (χ4v) is 1.88. The predicted octanol–water partition coefficient (Wildman–Crippen LogP) is 2.08. The smallest absolute Gasteiger partial charge is 0.321 e. The van der Waals surface area contributed by atoms with Crippen LogP contribution >= 0.6 is 11.6 Å². The molecule has 2 amide bonds. The van der Waals surface area contributed by atoms with E-state index in [4.69, 9.17) is 11.6 Å². The number of urea groups is 1. The molecule has 4 nitrogen and oxygen atoms in total. The van der Waals surface area contributed by atoms with Crippen LogP contribution in [0.25, 0.3) is 0 Å². The van der Waals surface area contributed by atoms with E-state index >= 15 is 0 Å². The molecule has 17 heavy (non-hydrogen) atoms. The number of aliphatic hydroxyl groups is 1. The highest BCUT2D eigenvalue weighted by Crippen LogP contribution is 2.20. The lowest BCUT2D eigenvalue weighted by atomic mass is 10.3. The fourth-order valence-electron chi connectivity index (χ4n) is 1.70. The molecule has 1 heterocycles. The molecule has 6 heteroatoms. The molecule has 2 N–H and O–H groups in total. The molecule has 0 unspecified atom stereocenters. The van der Waals surface area contributed by atoms with Gasteiger partial charge in [-0.05, 0) is 24.6 Å². The first-order valence-corrected chi connectivity index (χ1v) is 5.63. The van der Waals surface area contributed by atoms with Crippen molar-refractivity contribution in [2.45, 2.75) is 12.5 Å². The van der Waals surface area contributed by atoms with Gasteiger partial charge in [0.15, 0.2) is 0 Å². The quantitative estimate of drug-likeness (QED) is 0.810. The highest BCUT2D eigenvalue weighted by Gasteiger charge is 2.24. The number of hydrogen-bond donors (Lipinski definition) is 2. The minimum atomic E-state index is -0.527. The summed E-state index contributed by atoms with van der Waals surface area (Å²) in [7, 11) is 0. The monoisotopic (exact) mass is 258 g/mol. The van der Waals surface area contributed by atoms with E-state index in [1.54, 1.807) is 0 Å². The summed E-state index contributed by atoms with van der Waals surface area (Å²) in [6, 6.07) is 3.66. The first-order chi connectivity index (χ1) is 8.06. The minimum absolute atomic E-state index is 0.0377. The number of halogens is 2. The molecule has 1 aromatic rings. The lowest BCUT2D eigenvalue weighted by molar-refractivity contribution is 0.176. The molecule has 1 saturated heterocycles. The third kappa shape index (κ3) is 2.87. The summed E-state index contributed by atoms with van der Waals surface area (Å²) >= 11 is 5.60. The van der Waals surface area contributed by atoms with E-state index in [0.29, 0.717) is 25.2 Å². The van der Waals surface area contributed by atoms with E-state index in [1.165, 1.54) is 23.1 Å². The van der Waals surface area contributed by atoms with Crippen LogP contribution in [0.3, 0.4) is 0 Å². The van der Waals surface area contributed by atoms with Gasteiger partial charge in [-0.1, -0.05) is 11.6 Å². The van der Waals surface area contributed by atoms with E-state index in [2.05, 4.69) is 5.32 Å². The first-order valence-electron chi connectivity index (χ1n) is 5.25. The van der Waals surface area contributed by atoms with Gasteiger partial charge in [-0.3, -0.25) is 0 Å². The Labute approximate surface area is 103 Å². The van der Waals surface area contributed by atoms with Crippen molar-refractivity contribution in [1.82, 2.24) is 4.90 Å². The number of aliphatic hydroxyl groups excluding tert-OH is 1. The van der Waals surface area contributed by atoms with E-state index < -0.39 is 11.9 Å². The molecule has 2 rings (SSSR count). The third-order valence-corrected chi connectivity index (χ3v) is 2.91. The van der Waals surface area contributed by atoms with Gasteiger partial charge < -0.3 is 15.3 Å². The normalized spacial score (nSPS) is 19.5. The van der Waals surface area contributed by atoms with Gasteiger partial charge in [0.25, 0.3) is 0 Å². The van der Waals surface area contributed by atoms with E-state index in [0.717, 1.165) is 0 Å². The van der Waals surface area contributed by atoms with Crippen LogP contribution in [0.2, 0.25) is 5.02 Å². The number of hydrogen-bond acceptors (Lipinski definition) is 2. The van der Waals surface area contributed by atoms with Crippen LogP contribution in [0.4, 0.5) is 14.9 Å². The standard InChI is InChI=1S/C11H12ClFN2O2/c12-9-5-7(1-2-10(9)13)14-11(17)15-4-3-8(16)6-15/h1-2,5,8,16H,3-4,6H2,(H,14,17)/t8-/m1/s1. The third-order valence-electron chi connectivity index (χ3n) is 2.62. The average Bonchev–Trinajstić information content (AvgIpc) is 2.70. The SMILES string of the molecule is O=C(Nc1ccc(F)c(Cl)c1)N1CC[C@@H](O)C1. The maximum atomic E-state index is 12.9. The highest BCUT2D eigenvalue weighted by molar-refractivity contribution is 6.31. The fraction of sp³-hybridized carbons (Fsp3) is 0.364.